The van der Waals surface area contributed by atoms with Gasteiger partial charge in [0.1, 0.15) is 5.60 Å². The Morgan fingerprint density at radius 3 is 2.64 bits per heavy atom. The molecule has 1 aliphatic rings. The molecule has 2 rings (SSSR count). The zero-order valence-electron chi connectivity index (χ0n) is 14.3. The molecule has 2 unspecified atom stereocenters. The molecule has 4 heteroatoms. The Morgan fingerprint density at radius 2 is 2.00 bits per heavy atom. The fraction of sp³-hybridized carbons (Fsp3) is 0.611. The van der Waals surface area contributed by atoms with Gasteiger partial charge >= 0.3 is 6.09 Å². The topological polar surface area (TPSA) is 55.6 Å². The van der Waals surface area contributed by atoms with Gasteiger partial charge in [0.05, 0.1) is 6.04 Å². The van der Waals surface area contributed by atoms with Gasteiger partial charge in [-0.25, -0.2) is 4.79 Å². The molecule has 1 aromatic carbocycles. The molecule has 1 aliphatic heterocycles. The molecule has 2 N–H and O–H groups in total. The van der Waals surface area contributed by atoms with Crippen molar-refractivity contribution in [2.75, 3.05) is 6.54 Å². The fourth-order valence-electron chi connectivity index (χ4n) is 2.95. The summed E-state index contributed by atoms with van der Waals surface area (Å²) in [7, 11) is 0. The van der Waals surface area contributed by atoms with Crippen molar-refractivity contribution < 1.29 is 9.53 Å². The van der Waals surface area contributed by atoms with Crippen LogP contribution in [0, 0.1) is 13.8 Å². The molecule has 1 amide bonds. The first-order chi connectivity index (χ1) is 10.2. The highest BCUT2D eigenvalue weighted by molar-refractivity contribution is 5.69. The Labute approximate surface area is 133 Å². The number of hydrogen-bond acceptors (Lipinski definition) is 3. The Morgan fingerprint density at radius 1 is 1.32 bits per heavy atom. The monoisotopic (exact) mass is 304 g/mol. The summed E-state index contributed by atoms with van der Waals surface area (Å²) >= 11 is 0. The number of aryl methyl sites for hydroxylation is 2. The normalized spacial score (nSPS) is 22.5. The van der Waals surface area contributed by atoms with E-state index in [1.165, 1.54) is 16.7 Å². The van der Waals surface area contributed by atoms with Crippen LogP contribution in [0.25, 0.3) is 0 Å². The van der Waals surface area contributed by atoms with Gasteiger partial charge in [-0.15, -0.1) is 0 Å². The molecule has 0 aliphatic carbocycles. The summed E-state index contributed by atoms with van der Waals surface area (Å²) < 4.78 is 5.58. The first kappa shape index (κ1) is 16.8. The van der Waals surface area contributed by atoms with Crippen LogP contribution >= 0.6 is 0 Å². The number of amides is 1. The molecule has 0 spiro atoms. The molecule has 0 saturated carbocycles. The van der Waals surface area contributed by atoms with Crippen molar-refractivity contribution >= 4 is 6.09 Å². The molecule has 22 heavy (non-hydrogen) atoms. The van der Waals surface area contributed by atoms with Crippen LogP contribution in [0.15, 0.2) is 18.2 Å². The summed E-state index contributed by atoms with van der Waals surface area (Å²) in [5.41, 5.74) is 9.25. The largest absolute Gasteiger partial charge is 0.444 e. The van der Waals surface area contributed by atoms with Crippen LogP contribution in [0.3, 0.4) is 0 Å². The van der Waals surface area contributed by atoms with E-state index in [9.17, 15) is 4.79 Å². The van der Waals surface area contributed by atoms with E-state index in [1.807, 2.05) is 25.7 Å². The molecule has 1 aromatic rings. The second-order valence-electron chi connectivity index (χ2n) is 7.33. The predicted octanol–water partition coefficient (Wildman–Crippen LogP) is 3.70. The van der Waals surface area contributed by atoms with Crippen molar-refractivity contribution in [2.45, 2.75) is 65.1 Å². The minimum Gasteiger partial charge on any atom is -0.444 e. The van der Waals surface area contributed by atoms with Gasteiger partial charge in [0.15, 0.2) is 0 Å². The van der Waals surface area contributed by atoms with E-state index < -0.39 is 5.60 Å². The van der Waals surface area contributed by atoms with Gasteiger partial charge in [0.2, 0.25) is 0 Å². The Hall–Kier alpha value is -1.55. The highest BCUT2D eigenvalue weighted by atomic mass is 16.6. The lowest BCUT2D eigenvalue weighted by molar-refractivity contribution is 0.00790. The van der Waals surface area contributed by atoms with Crippen LogP contribution in [-0.4, -0.2) is 29.2 Å². The average molecular weight is 304 g/mol. The van der Waals surface area contributed by atoms with Crippen molar-refractivity contribution in [3.63, 3.8) is 0 Å². The quantitative estimate of drug-likeness (QED) is 0.860. The number of ether oxygens (including phenoxy) is 1. The number of rotatable bonds is 1. The lowest BCUT2D eigenvalue weighted by atomic mass is 9.89. The molecule has 1 heterocycles. The molecule has 4 nitrogen and oxygen atoms in total. The number of likely N-dealkylation sites (tertiary alicyclic amines) is 1. The van der Waals surface area contributed by atoms with Crippen molar-refractivity contribution in [1.29, 1.82) is 0 Å². The minimum atomic E-state index is -0.483. The Kier molecular flexibility index (Phi) is 4.81. The first-order valence-corrected chi connectivity index (χ1v) is 8.00. The molecule has 0 radical (unpaired) electrons. The molecule has 2 atom stereocenters. The smallest absolute Gasteiger partial charge is 0.410 e. The third-order valence-corrected chi connectivity index (χ3v) is 4.06. The van der Waals surface area contributed by atoms with E-state index in [1.54, 1.807) is 0 Å². The van der Waals surface area contributed by atoms with Crippen LogP contribution in [0.2, 0.25) is 0 Å². The summed E-state index contributed by atoms with van der Waals surface area (Å²) in [6.45, 7) is 10.5. The zero-order valence-corrected chi connectivity index (χ0v) is 14.3. The maximum atomic E-state index is 12.6. The molecule has 1 fully saturated rings. The number of benzene rings is 1. The average Bonchev–Trinajstić information content (AvgIpc) is 2.39. The highest BCUT2D eigenvalue weighted by Crippen LogP contribution is 2.34. The van der Waals surface area contributed by atoms with Crippen LogP contribution in [0.5, 0.6) is 0 Å². The summed E-state index contributed by atoms with van der Waals surface area (Å²) in [5.74, 6) is 0. The first-order valence-electron chi connectivity index (χ1n) is 8.00. The van der Waals surface area contributed by atoms with Gasteiger partial charge in [0, 0.05) is 12.6 Å². The lowest BCUT2D eigenvalue weighted by Crippen LogP contribution is -2.47. The summed E-state index contributed by atoms with van der Waals surface area (Å²) in [6, 6.07) is 6.49. The molecule has 122 valence electrons. The second kappa shape index (κ2) is 6.29. The van der Waals surface area contributed by atoms with Crippen molar-refractivity contribution in [1.82, 2.24) is 4.90 Å². The van der Waals surface area contributed by atoms with Gasteiger partial charge in [0.25, 0.3) is 0 Å². The second-order valence-corrected chi connectivity index (χ2v) is 7.33. The van der Waals surface area contributed by atoms with Gasteiger partial charge in [-0.05, 0) is 58.6 Å². The van der Waals surface area contributed by atoms with E-state index in [-0.39, 0.29) is 18.2 Å². The van der Waals surface area contributed by atoms with E-state index in [0.717, 1.165) is 12.8 Å². The Bertz CT molecular complexity index is 549. The van der Waals surface area contributed by atoms with E-state index in [2.05, 4.69) is 32.0 Å². The van der Waals surface area contributed by atoms with Crippen molar-refractivity contribution in [2.24, 2.45) is 5.73 Å². The fourth-order valence-corrected chi connectivity index (χ4v) is 2.95. The van der Waals surface area contributed by atoms with Crippen LogP contribution in [0.1, 0.15) is 56.3 Å². The van der Waals surface area contributed by atoms with Crippen LogP contribution in [0.4, 0.5) is 4.79 Å². The predicted molar refractivity (Wildman–Crippen MR) is 88.8 cm³/mol. The Balaban J connectivity index is 2.31. The standard InChI is InChI=1S/C18H28N2O2/c1-12-6-7-13(2)15(10-12)16-11-14(19)8-9-20(16)17(21)22-18(3,4)5/h6-7,10,14,16H,8-9,11,19H2,1-5H3. The van der Waals surface area contributed by atoms with E-state index >= 15 is 0 Å². The van der Waals surface area contributed by atoms with E-state index in [4.69, 9.17) is 10.5 Å². The van der Waals surface area contributed by atoms with Crippen LogP contribution in [-0.2, 0) is 4.74 Å². The number of hydrogen-bond donors (Lipinski definition) is 1. The minimum absolute atomic E-state index is 0.00139. The van der Waals surface area contributed by atoms with Gasteiger partial charge < -0.3 is 15.4 Å². The maximum absolute atomic E-state index is 12.6. The van der Waals surface area contributed by atoms with Gasteiger partial charge in [-0.2, -0.15) is 0 Å². The van der Waals surface area contributed by atoms with Crippen molar-refractivity contribution in [3.05, 3.63) is 34.9 Å². The molecular weight excluding hydrogens is 276 g/mol. The third-order valence-electron chi connectivity index (χ3n) is 4.06. The summed E-state index contributed by atoms with van der Waals surface area (Å²) in [5, 5.41) is 0. The van der Waals surface area contributed by atoms with Gasteiger partial charge in [-0.1, -0.05) is 23.8 Å². The summed E-state index contributed by atoms with van der Waals surface area (Å²) in [6.07, 6.45) is 1.36. The molecule has 0 aromatic heterocycles. The van der Waals surface area contributed by atoms with Crippen molar-refractivity contribution in [3.8, 4) is 0 Å². The highest BCUT2D eigenvalue weighted by Gasteiger charge is 2.34. The number of nitrogens with zero attached hydrogens (tertiary/aromatic N) is 1. The lowest BCUT2D eigenvalue weighted by Gasteiger charge is -2.39. The molecular formula is C18H28N2O2. The van der Waals surface area contributed by atoms with E-state index in [0.29, 0.717) is 6.54 Å². The SMILES string of the molecule is Cc1ccc(C)c(C2CC(N)CCN2C(=O)OC(C)(C)C)c1. The van der Waals surface area contributed by atoms with Crippen LogP contribution < -0.4 is 5.73 Å². The zero-order chi connectivity index (χ0) is 16.5. The number of piperidine rings is 1. The number of nitrogens with two attached hydrogens (primary N) is 1. The molecule has 1 saturated heterocycles. The third kappa shape index (κ3) is 4.01. The number of carbonyl (C=O) groups is 1. The number of carbonyl (C=O) groups excluding carboxylic acids is 1. The maximum Gasteiger partial charge on any atom is 0.410 e. The summed E-state index contributed by atoms with van der Waals surface area (Å²) in [4.78, 5) is 14.4. The van der Waals surface area contributed by atoms with Gasteiger partial charge in [-0.3, -0.25) is 0 Å². The molecule has 0 bridgehead atoms.